The van der Waals surface area contributed by atoms with Gasteiger partial charge in [-0.1, -0.05) is 6.08 Å². The van der Waals surface area contributed by atoms with Crippen molar-refractivity contribution in [3.8, 4) is 0 Å². The second kappa shape index (κ2) is 9.11. The van der Waals surface area contributed by atoms with Crippen molar-refractivity contribution in [3.05, 3.63) is 12.7 Å². The Morgan fingerprint density at radius 1 is 1.48 bits per heavy atom. The first-order valence-corrected chi connectivity index (χ1v) is 6.99. The maximum absolute atomic E-state index is 11.8. The van der Waals surface area contributed by atoms with E-state index in [1.165, 1.54) is 0 Å². The average Bonchev–Trinajstić information content (AvgIpc) is 2.27. The van der Waals surface area contributed by atoms with Crippen molar-refractivity contribution in [2.45, 2.75) is 39.3 Å². The molecule has 1 rings (SSSR count). The van der Waals surface area contributed by atoms with Gasteiger partial charge in [-0.15, -0.1) is 30.6 Å². The number of carbonyl (C=O) groups is 1. The van der Waals surface area contributed by atoms with Crippen molar-refractivity contribution in [1.82, 2.24) is 15.5 Å². The van der Waals surface area contributed by atoms with Crippen LogP contribution < -0.4 is 10.6 Å². The summed E-state index contributed by atoms with van der Waals surface area (Å²) in [5, 5.41) is 6.43. The molecule has 0 bridgehead atoms. The lowest BCUT2D eigenvalue weighted by Crippen LogP contribution is -2.63. The van der Waals surface area contributed by atoms with Crippen LogP contribution >= 0.6 is 24.0 Å². The third kappa shape index (κ3) is 7.54. The van der Waals surface area contributed by atoms with Gasteiger partial charge in [0.2, 0.25) is 0 Å². The van der Waals surface area contributed by atoms with Crippen LogP contribution in [0.1, 0.15) is 27.7 Å². The van der Waals surface area contributed by atoms with Gasteiger partial charge in [-0.3, -0.25) is 0 Å². The molecule has 122 valence electrons. The largest absolute Gasteiger partial charge is 0.444 e. The van der Waals surface area contributed by atoms with Crippen LogP contribution in [0.15, 0.2) is 17.6 Å². The van der Waals surface area contributed by atoms with Crippen LogP contribution in [-0.2, 0) is 4.74 Å². The van der Waals surface area contributed by atoms with Crippen LogP contribution in [-0.4, -0.2) is 54.8 Å². The fourth-order valence-corrected chi connectivity index (χ4v) is 1.71. The molecule has 0 aliphatic carbocycles. The van der Waals surface area contributed by atoms with Gasteiger partial charge >= 0.3 is 6.09 Å². The second-order valence-electron chi connectivity index (χ2n) is 5.73. The predicted molar refractivity (Wildman–Crippen MR) is 96.3 cm³/mol. The Morgan fingerprint density at radius 2 is 2.10 bits per heavy atom. The molecule has 0 aromatic carbocycles. The van der Waals surface area contributed by atoms with Crippen molar-refractivity contribution in [2.24, 2.45) is 4.99 Å². The number of hydrogen-bond donors (Lipinski definition) is 2. The highest BCUT2D eigenvalue weighted by Gasteiger charge is 2.34. The van der Waals surface area contributed by atoms with Crippen LogP contribution in [0.25, 0.3) is 0 Å². The van der Waals surface area contributed by atoms with Gasteiger partial charge in [0.25, 0.3) is 0 Å². The molecule has 0 unspecified atom stereocenters. The number of guanidine groups is 1. The highest BCUT2D eigenvalue weighted by molar-refractivity contribution is 14.0. The summed E-state index contributed by atoms with van der Waals surface area (Å²) < 4.78 is 5.31. The summed E-state index contributed by atoms with van der Waals surface area (Å²) in [6.45, 7) is 13.9. The fraction of sp³-hybridized carbons (Fsp3) is 0.714. The maximum atomic E-state index is 11.8. The van der Waals surface area contributed by atoms with Crippen LogP contribution in [0.5, 0.6) is 0 Å². The minimum atomic E-state index is -0.448. The second-order valence-corrected chi connectivity index (χ2v) is 5.73. The van der Waals surface area contributed by atoms with Crippen LogP contribution in [0.4, 0.5) is 4.79 Å². The molecular formula is C14H27IN4O2. The normalized spacial score (nSPS) is 15.6. The molecule has 2 N–H and O–H groups in total. The molecule has 7 heteroatoms. The van der Waals surface area contributed by atoms with E-state index in [2.05, 4.69) is 22.2 Å². The lowest BCUT2D eigenvalue weighted by molar-refractivity contribution is 0.00701. The summed E-state index contributed by atoms with van der Waals surface area (Å²) >= 11 is 0. The molecule has 0 aromatic rings. The minimum absolute atomic E-state index is 0. The molecule has 21 heavy (non-hydrogen) atoms. The molecule has 1 heterocycles. The number of hydrogen-bond acceptors (Lipinski definition) is 3. The first-order chi connectivity index (χ1) is 9.35. The molecule has 6 nitrogen and oxygen atoms in total. The Balaban J connectivity index is 0.00000400. The Hall–Kier alpha value is -0.990. The highest BCUT2D eigenvalue weighted by Crippen LogP contribution is 2.15. The van der Waals surface area contributed by atoms with E-state index in [1.54, 1.807) is 11.0 Å². The molecule has 0 spiro atoms. The van der Waals surface area contributed by atoms with Crippen molar-refractivity contribution in [3.63, 3.8) is 0 Å². The number of nitrogens with zero attached hydrogens (tertiary/aromatic N) is 2. The molecule has 0 saturated carbocycles. The quantitative estimate of drug-likeness (QED) is 0.322. The summed E-state index contributed by atoms with van der Waals surface area (Å²) in [5.41, 5.74) is -0.448. The molecule has 1 aliphatic rings. The molecule has 1 fully saturated rings. The van der Waals surface area contributed by atoms with Gasteiger partial charge in [0.15, 0.2) is 5.96 Å². The lowest BCUT2D eigenvalue weighted by Gasteiger charge is -2.40. The number of likely N-dealkylation sites (tertiary alicyclic amines) is 1. The van der Waals surface area contributed by atoms with Gasteiger partial charge < -0.3 is 20.3 Å². The Kier molecular flexibility index (Phi) is 8.68. The highest BCUT2D eigenvalue weighted by atomic mass is 127. The van der Waals surface area contributed by atoms with Gasteiger partial charge in [-0.2, -0.15) is 0 Å². The van der Waals surface area contributed by atoms with Gasteiger partial charge in [-0.05, 0) is 27.7 Å². The number of amides is 1. The molecule has 0 aromatic heterocycles. The van der Waals surface area contributed by atoms with E-state index in [1.807, 2.05) is 27.7 Å². The van der Waals surface area contributed by atoms with Gasteiger partial charge in [0.1, 0.15) is 5.60 Å². The van der Waals surface area contributed by atoms with E-state index in [4.69, 9.17) is 4.74 Å². The Labute approximate surface area is 144 Å². The zero-order chi connectivity index (χ0) is 15.2. The first-order valence-electron chi connectivity index (χ1n) is 6.99. The number of aliphatic imine (C=N–C) groups is 1. The number of carbonyl (C=O) groups excluding carboxylic acids is 1. The summed E-state index contributed by atoms with van der Waals surface area (Å²) in [5.74, 6) is 0.751. The van der Waals surface area contributed by atoms with Crippen LogP contribution in [0.2, 0.25) is 0 Å². The molecular weight excluding hydrogens is 383 g/mol. The van der Waals surface area contributed by atoms with E-state index in [0.29, 0.717) is 19.6 Å². The van der Waals surface area contributed by atoms with Crippen LogP contribution in [0.3, 0.4) is 0 Å². The Bertz CT molecular complexity index is 374. The standard InChI is InChI=1S/C14H26N4O2.HI/c1-6-8-16-12(15-7-2)17-11-9-18(10-11)13(19)20-14(3,4)5;/h6,11H,1,7-10H2,2-5H3,(H2,15,16,17);1H. The zero-order valence-corrected chi connectivity index (χ0v) is 15.6. The summed E-state index contributed by atoms with van der Waals surface area (Å²) in [6, 6.07) is 0.213. The fourth-order valence-electron chi connectivity index (χ4n) is 1.71. The molecule has 1 aliphatic heterocycles. The first kappa shape index (κ1) is 20.0. The maximum Gasteiger partial charge on any atom is 0.410 e. The van der Waals surface area contributed by atoms with E-state index in [-0.39, 0.29) is 36.1 Å². The third-order valence-electron chi connectivity index (χ3n) is 2.60. The zero-order valence-electron chi connectivity index (χ0n) is 13.3. The van der Waals surface area contributed by atoms with E-state index in [0.717, 1.165) is 12.5 Å². The van der Waals surface area contributed by atoms with Crippen LogP contribution in [0, 0.1) is 0 Å². The van der Waals surface area contributed by atoms with E-state index in [9.17, 15) is 4.79 Å². The topological polar surface area (TPSA) is 66.0 Å². The third-order valence-corrected chi connectivity index (χ3v) is 2.60. The average molecular weight is 410 g/mol. The van der Waals surface area contributed by atoms with Gasteiger partial charge in [0, 0.05) is 19.6 Å². The SMILES string of the molecule is C=CCN=C(NCC)NC1CN(C(=O)OC(C)(C)C)C1.I. The number of ether oxygens (including phenoxy) is 1. The predicted octanol–water partition coefficient (Wildman–Crippen LogP) is 1.96. The van der Waals surface area contributed by atoms with Crippen molar-refractivity contribution in [2.75, 3.05) is 26.2 Å². The van der Waals surface area contributed by atoms with Gasteiger partial charge in [-0.25, -0.2) is 9.79 Å². The van der Waals surface area contributed by atoms with Crippen molar-refractivity contribution in [1.29, 1.82) is 0 Å². The van der Waals surface area contributed by atoms with Gasteiger partial charge in [0.05, 0.1) is 12.6 Å². The molecule has 1 amide bonds. The summed E-state index contributed by atoms with van der Waals surface area (Å²) in [4.78, 5) is 17.8. The van der Waals surface area contributed by atoms with Crippen molar-refractivity contribution >= 4 is 36.0 Å². The Morgan fingerprint density at radius 3 is 2.57 bits per heavy atom. The number of halogens is 1. The molecule has 0 radical (unpaired) electrons. The number of rotatable bonds is 4. The summed E-state index contributed by atoms with van der Waals surface area (Å²) in [6.07, 6.45) is 1.48. The number of nitrogens with one attached hydrogen (secondary N) is 2. The molecule has 0 atom stereocenters. The minimum Gasteiger partial charge on any atom is -0.444 e. The smallest absolute Gasteiger partial charge is 0.410 e. The van der Waals surface area contributed by atoms with E-state index >= 15 is 0 Å². The lowest BCUT2D eigenvalue weighted by atomic mass is 10.1. The summed E-state index contributed by atoms with van der Waals surface area (Å²) in [7, 11) is 0. The monoisotopic (exact) mass is 410 g/mol. The molecule has 1 saturated heterocycles. The van der Waals surface area contributed by atoms with Crippen molar-refractivity contribution < 1.29 is 9.53 Å². The van der Waals surface area contributed by atoms with E-state index < -0.39 is 5.60 Å².